The SMILES string of the molecule is COC(=O)C(c1ccccn1)C1CCN(C(=O)c2cccc(-c3nc4ccc(OC)cc4s3)c2)CC1. The number of likely N-dealkylation sites (tertiary alicyclic amines) is 1. The highest BCUT2D eigenvalue weighted by Crippen LogP contribution is 2.35. The predicted octanol–water partition coefficient (Wildman–Crippen LogP) is 5.18. The molecule has 0 spiro atoms. The largest absolute Gasteiger partial charge is 0.497 e. The van der Waals surface area contributed by atoms with E-state index in [1.807, 2.05) is 65.6 Å². The fourth-order valence-corrected chi connectivity index (χ4v) is 5.79. The number of pyridine rings is 1. The number of ether oxygens (including phenoxy) is 2. The molecule has 0 bridgehead atoms. The molecule has 7 nitrogen and oxygen atoms in total. The van der Waals surface area contributed by atoms with Crippen LogP contribution in [0.5, 0.6) is 5.75 Å². The molecular formula is C28H27N3O4S. The van der Waals surface area contributed by atoms with Gasteiger partial charge in [-0.15, -0.1) is 11.3 Å². The second-order valence-corrected chi connectivity index (χ2v) is 9.85. The van der Waals surface area contributed by atoms with Crippen molar-refractivity contribution >= 4 is 33.4 Å². The summed E-state index contributed by atoms with van der Waals surface area (Å²) in [6.45, 7) is 1.16. The fraction of sp³-hybridized carbons (Fsp3) is 0.286. The van der Waals surface area contributed by atoms with Crippen LogP contribution in [0, 0.1) is 5.92 Å². The van der Waals surface area contributed by atoms with Crippen molar-refractivity contribution in [1.82, 2.24) is 14.9 Å². The maximum Gasteiger partial charge on any atom is 0.315 e. The van der Waals surface area contributed by atoms with Gasteiger partial charge < -0.3 is 14.4 Å². The minimum atomic E-state index is -0.422. The summed E-state index contributed by atoms with van der Waals surface area (Å²) in [6, 6.07) is 19.0. The van der Waals surface area contributed by atoms with E-state index in [0.29, 0.717) is 31.5 Å². The molecule has 1 atom stereocenters. The molecule has 0 N–H and O–H groups in total. The number of benzene rings is 2. The number of thiazole rings is 1. The number of methoxy groups -OCH3 is 2. The molecule has 1 saturated heterocycles. The second-order valence-electron chi connectivity index (χ2n) is 8.82. The maximum absolute atomic E-state index is 13.4. The van der Waals surface area contributed by atoms with Crippen molar-refractivity contribution in [2.24, 2.45) is 5.92 Å². The van der Waals surface area contributed by atoms with Crippen molar-refractivity contribution in [3.8, 4) is 16.3 Å². The molecule has 2 aromatic heterocycles. The highest BCUT2D eigenvalue weighted by atomic mass is 32.1. The Morgan fingerprint density at radius 2 is 1.86 bits per heavy atom. The number of hydrogen-bond donors (Lipinski definition) is 0. The minimum absolute atomic E-state index is 0.00876. The van der Waals surface area contributed by atoms with Gasteiger partial charge in [-0.2, -0.15) is 0 Å². The molecule has 36 heavy (non-hydrogen) atoms. The zero-order chi connectivity index (χ0) is 25.1. The van der Waals surface area contributed by atoms with E-state index in [4.69, 9.17) is 14.5 Å². The summed E-state index contributed by atoms with van der Waals surface area (Å²) in [5, 5.41) is 0.864. The third kappa shape index (κ3) is 4.81. The Bertz CT molecular complexity index is 1380. The van der Waals surface area contributed by atoms with Crippen molar-refractivity contribution in [1.29, 1.82) is 0 Å². The van der Waals surface area contributed by atoms with Crippen LogP contribution in [0.15, 0.2) is 66.9 Å². The van der Waals surface area contributed by atoms with Gasteiger partial charge in [-0.25, -0.2) is 4.98 Å². The van der Waals surface area contributed by atoms with Gasteiger partial charge in [0.2, 0.25) is 0 Å². The van der Waals surface area contributed by atoms with E-state index >= 15 is 0 Å². The van der Waals surface area contributed by atoms with Crippen LogP contribution >= 0.6 is 11.3 Å². The highest BCUT2D eigenvalue weighted by molar-refractivity contribution is 7.21. The third-order valence-electron chi connectivity index (χ3n) is 6.71. The predicted molar refractivity (Wildman–Crippen MR) is 139 cm³/mol. The number of esters is 1. The number of piperidine rings is 1. The molecule has 1 aliphatic rings. The maximum atomic E-state index is 13.4. The Morgan fingerprint density at radius 3 is 2.58 bits per heavy atom. The van der Waals surface area contributed by atoms with Crippen LogP contribution in [0.4, 0.5) is 0 Å². The number of hydrogen-bond acceptors (Lipinski definition) is 7. The van der Waals surface area contributed by atoms with E-state index in [2.05, 4.69) is 4.98 Å². The van der Waals surface area contributed by atoms with Gasteiger partial charge in [0.05, 0.1) is 30.1 Å². The first-order valence-electron chi connectivity index (χ1n) is 11.9. The van der Waals surface area contributed by atoms with Crippen molar-refractivity contribution in [2.45, 2.75) is 18.8 Å². The first-order valence-corrected chi connectivity index (χ1v) is 12.7. The average molecular weight is 502 g/mol. The van der Waals surface area contributed by atoms with Crippen LogP contribution in [0.2, 0.25) is 0 Å². The molecule has 4 aromatic rings. The standard InChI is InChI=1S/C28H27N3O4S/c1-34-21-9-10-22-24(17-21)36-26(30-22)19-6-5-7-20(16-19)27(32)31-14-11-18(12-15-31)25(28(33)35-2)23-8-3-4-13-29-23/h3-10,13,16-18,25H,11-12,14-15H2,1-2H3. The molecule has 1 aliphatic heterocycles. The number of amides is 1. The number of aromatic nitrogens is 2. The monoisotopic (exact) mass is 501 g/mol. The van der Waals surface area contributed by atoms with E-state index in [0.717, 1.165) is 32.2 Å². The van der Waals surface area contributed by atoms with Crippen LogP contribution in [0.1, 0.15) is 34.8 Å². The summed E-state index contributed by atoms with van der Waals surface area (Å²) in [5.74, 6) is 0.157. The van der Waals surface area contributed by atoms with Crippen molar-refractivity contribution in [3.05, 3.63) is 78.1 Å². The number of rotatable bonds is 6. The Hall–Kier alpha value is -3.78. The topological polar surface area (TPSA) is 81.6 Å². The fourth-order valence-electron chi connectivity index (χ4n) is 4.80. The van der Waals surface area contributed by atoms with Gasteiger partial charge in [-0.05, 0) is 61.2 Å². The Labute approximate surface area is 213 Å². The van der Waals surface area contributed by atoms with Crippen molar-refractivity contribution < 1.29 is 19.1 Å². The van der Waals surface area contributed by atoms with E-state index < -0.39 is 5.92 Å². The van der Waals surface area contributed by atoms with Gasteiger partial charge in [-0.3, -0.25) is 14.6 Å². The molecule has 1 fully saturated rings. The Balaban J connectivity index is 1.30. The van der Waals surface area contributed by atoms with Gasteiger partial charge in [0.25, 0.3) is 5.91 Å². The van der Waals surface area contributed by atoms with Crippen LogP contribution < -0.4 is 4.74 Å². The van der Waals surface area contributed by atoms with Crippen LogP contribution in [-0.4, -0.2) is 54.1 Å². The zero-order valence-corrected chi connectivity index (χ0v) is 21.0. The lowest BCUT2D eigenvalue weighted by Crippen LogP contribution is -2.41. The summed E-state index contributed by atoms with van der Waals surface area (Å²) in [6.07, 6.45) is 3.11. The molecular weight excluding hydrogens is 474 g/mol. The van der Waals surface area contributed by atoms with E-state index in [9.17, 15) is 9.59 Å². The summed E-state index contributed by atoms with van der Waals surface area (Å²) in [7, 11) is 3.06. The minimum Gasteiger partial charge on any atom is -0.497 e. The van der Waals surface area contributed by atoms with Crippen molar-refractivity contribution in [3.63, 3.8) is 0 Å². The van der Waals surface area contributed by atoms with E-state index in [1.54, 1.807) is 24.6 Å². The molecule has 0 radical (unpaired) electrons. The molecule has 5 rings (SSSR count). The third-order valence-corrected chi connectivity index (χ3v) is 7.78. The zero-order valence-electron chi connectivity index (χ0n) is 20.2. The average Bonchev–Trinajstić information content (AvgIpc) is 3.37. The number of carbonyl (C=O) groups excluding carboxylic acids is 2. The Morgan fingerprint density at radius 1 is 1.03 bits per heavy atom. The molecule has 1 unspecified atom stereocenters. The second kappa shape index (κ2) is 10.5. The normalized spacial score (nSPS) is 15.0. The summed E-state index contributed by atoms with van der Waals surface area (Å²) in [5.41, 5.74) is 3.17. The summed E-state index contributed by atoms with van der Waals surface area (Å²) >= 11 is 1.58. The number of nitrogens with zero attached hydrogens (tertiary/aromatic N) is 3. The summed E-state index contributed by atoms with van der Waals surface area (Å²) < 4.78 is 11.4. The van der Waals surface area contributed by atoms with E-state index in [1.165, 1.54) is 7.11 Å². The van der Waals surface area contributed by atoms with Crippen LogP contribution in [-0.2, 0) is 9.53 Å². The van der Waals surface area contributed by atoms with Gasteiger partial charge in [0, 0.05) is 30.4 Å². The van der Waals surface area contributed by atoms with Crippen molar-refractivity contribution in [2.75, 3.05) is 27.3 Å². The summed E-state index contributed by atoms with van der Waals surface area (Å²) in [4.78, 5) is 36.9. The van der Waals surface area contributed by atoms with E-state index in [-0.39, 0.29) is 17.8 Å². The molecule has 8 heteroatoms. The highest BCUT2D eigenvalue weighted by Gasteiger charge is 2.35. The van der Waals surface area contributed by atoms with Gasteiger partial charge >= 0.3 is 5.97 Å². The first kappa shape index (κ1) is 23.9. The van der Waals surface area contributed by atoms with Crippen LogP contribution in [0.25, 0.3) is 20.8 Å². The molecule has 0 aliphatic carbocycles. The quantitative estimate of drug-likeness (QED) is 0.339. The number of carbonyl (C=O) groups is 2. The lowest BCUT2D eigenvalue weighted by molar-refractivity contribution is -0.144. The first-order chi connectivity index (χ1) is 17.6. The molecule has 3 heterocycles. The molecule has 2 aromatic carbocycles. The Kier molecular flexibility index (Phi) is 6.95. The lowest BCUT2D eigenvalue weighted by Gasteiger charge is -2.35. The van der Waals surface area contributed by atoms with Gasteiger partial charge in [0.1, 0.15) is 16.7 Å². The number of fused-ring (bicyclic) bond motifs is 1. The molecule has 184 valence electrons. The molecule has 0 saturated carbocycles. The van der Waals surface area contributed by atoms with Gasteiger partial charge in [-0.1, -0.05) is 18.2 Å². The van der Waals surface area contributed by atoms with Crippen LogP contribution in [0.3, 0.4) is 0 Å². The van der Waals surface area contributed by atoms with Gasteiger partial charge in [0.15, 0.2) is 0 Å². The lowest BCUT2D eigenvalue weighted by atomic mass is 9.82. The molecule has 1 amide bonds. The smallest absolute Gasteiger partial charge is 0.315 e.